The van der Waals surface area contributed by atoms with Crippen molar-refractivity contribution in [1.29, 1.82) is 0 Å². The van der Waals surface area contributed by atoms with Gasteiger partial charge in [0.1, 0.15) is 0 Å². The van der Waals surface area contributed by atoms with E-state index in [0.29, 0.717) is 5.92 Å². The second kappa shape index (κ2) is 5.16. The normalized spacial score (nSPS) is 35.8. The zero-order valence-corrected chi connectivity index (χ0v) is 12.9. The molecule has 0 N–H and O–H groups in total. The summed E-state index contributed by atoms with van der Waals surface area (Å²) >= 11 is 0. The third kappa shape index (κ3) is 2.29. The molecule has 1 aromatic rings. The minimum atomic E-state index is -0.194. The van der Waals surface area contributed by atoms with E-state index < -0.39 is 0 Å². The summed E-state index contributed by atoms with van der Waals surface area (Å²) < 4.78 is 12.8. The fourth-order valence-corrected chi connectivity index (χ4v) is 3.81. The minimum Gasteiger partial charge on any atom is -0.346 e. The van der Waals surface area contributed by atoms with E-state index in [4.69, 9.17) is 9.47 Å². The maximum absolute atomic E-state index is 6.42. The van der Waals surface area contributed by atoms with Crippen LogP contribution < -0.4 is 0 Å². The van der Waals surface area contributed by atoms with Gasteiger partial charge < -0.3 is 9.47 Å². The van der Waals surface area contributed by atoms with Gasteiger partial charge in [-0.1, -0.05) is 44.2 Å². The van der Waals surface area contributed by atoms with Crippen LogP contribution in [0, 0.1) is 5.92 Å². The molecule has 2 aliphatic rings. The highest BCUT2D eigenvalue weighted by Crippen LogP contribution is 2.49. The molecule has 0 bridgehead atoms. The highest BCUT2D eigenvalue weighted by molar-refractivity contribution is 5.22. The van der Waals surface area contributed by atoms with Crippen LogP contribution in [0.1, 0.15) is 58.4 Å². The number of rotatable bonds is 3. The van der Waals surface area contributed by atoms with Crippen LogP contribution in [0.2, 0.25) is 0 Å². The number of hydrogen-bond acceptors (Lipinski definition) is 2. The van der Waals surface area contributed by atoms with Crippen molar-refractivity contribution in [3.8, 4) is 0 Å². The van der Waals surface area contributed by atoms with Gasteiger partial charge in [0.25, 0.3) is 0 Å². The van der Waals surface area contributed by atoms with E-state index >= 15 is 0 Å². The third-order valence-electron chi connectivity index (χ3n) is 5.43. The standard InChI is InChI=1S/C18H26O2/c1-4-18(5-2)13-14-11-12-17(3,19-16(14)20-18)15-9-7-6-8-10-15/h6-10,14,16H,4-5,11-13H2,1-3H3/t14-,16+,17?/m0/s1. The monoisotopic (exact) mass is 274 g/mol. The van der Waals surface area contributed by atoms with Gasteiger partial charge in [-0.15, -0.1) is 0 Å². The average Bonchev–Trinajstić information content (AvgIpc) is 2.86. The largest absolute Gasteiger partial charge is 0.346 e. The van der Waals surface area contributed by atoms with E-state index in [0.717, 1.165) is 25.7 Å². The van der Waals surface area contributed by atoms with Crippen LogP contribution in [-0.4, -0.2) is 11.9 Å². The minimum absolute atomic E-state index is 0.0196. The maximum Gasteiger partial charge on any atom is 0.162 e. The number of ether oxygens (including phenoxy) is 2. The molecule has 0 spiro atoms. The second-order valence-electron chi connectivity index (χ2n) is 6.59. The van der Waals surface area contributed by atoms with Gasteiger partial charge in [-0.2, -0.15) is 0 Å². The van der Waals surface area contributed by atoms with E-state index in [-0.39, 0.29) is 17.5 Å². The Bertz CT molecular complexity index is 452. The lowest BCUT2D eigenvalue weighted by atomic mass is 9.81. The van der Waals surface area contributed by atoms with Crippen molar-refractivity contribution in [2.24, 2.45) is 5.92 Å². The molecule has 1 unspecified atom stereocenters. The molecule has 110 valence electrons. The molecule has 3 rings (SSSR count). The van der Waals surface area contributed by atoms with Crippen molar-refractivity contribution in [3.05, 3.63) is 35.9 Å². The molecular formula is C18H26O2. The molecule has 2 heteroatoms. The molecule has 20 heavy (non-hydrogen) atoms. The Morgan fingerprint density at radius 1 is 1.10 bits per heavy atom. The molecule has 1 aromatic carbocycles. The van der Waals surface area contributed by atoms with Crippen molar-refractivity contribution in [2.75, 3.05) is 0 Å². The van der Waals surface area contributed by atoms with Crippen molar-refractivity contribution >= 4 is 0 Å². The van der Waals surface area contributed by atoms with Crippen molar-refractivity contribution in [2.45, 2.75) is 70.4 Å². The first-order valence-corrected chi connectivity index (χ1v) is 8.02. The van der Waals surface area contributed by atoms with E-state index in [9.17, 15) is 0 Å². The fraction of sp³-hybridized carbons (Fsp3) is 0.667. The number of benzene rings is 1. The van der Waals surface area contributed by atoms with E-state index in [2.05, 4.69) is 51.1 Å². The van der Waals surface area contributed by atoms with Crippen molar-refractivity contribution in [1.82, 2.24) is 0 Å². The smallest absolute Gasteiger partial charge is 0.162 e. The highest BCUT2D eigenvalue weighted by atomic mass is 16.7. The summed E-state index contributed by atoms with van der Waals surface area (Å²) in [5.74, 6) is 0.576. The zero-order chi connectivity index (χ0) is 14.2. The first-order chi connectivity index (χ1) is 9.61. The summed E-state index contributed by atoms with van der Waals surface area (Å²) in [6.45, 7) is 6.67. The average molecular weight is 274 g/mol. The van der Waals surface area contributed by atoms with Gasteiger partial charge in [0.2, 0.25) is 0 Å². The summed E-state index contributed by atoms with van der Waals surface area (Å²) in [5, 5.41) is 0. The summed E-state index contributed by atoms with van der Waals surface area (Å²) in [6, 6.07) is 10.6. The third-order valence-corrected chi connectivity index (χ3v) is 5.43. The van der Waals surface area contributed by atoms with E-state index in [1.807, 2.05) is 0 Å². The Balaban J connectivity index is 1.79. The van der Waals surface area contributed by atoms with Gasteiger partial charge in [-0.05, 0) is 44.6 Å². The predicted octanol–water partition coefficient (Wildman–Crippen LogP) is 4.63. The topological polar surface area (TPSA) is 18.5 Å². The van der Waals surface area contributed by atoms with Gasteiger partial charge in [0.15, 0.2) is 6.29 Å². The first kappa shape index (κ1) is 14.1. The Morgan fingerprint density at radius 3 is 2.45 bits per heavy atom. The summed E-state index contributed by atoms with van der Waals surface area (Å²) in [5.41, 5.74) is 1.13. The SMILES string of the molecule is CCC1(CC)C[C@@H]2CCC(C)(c3ccccc3)O[C@@H]2O1. The molecule has 0 amide bonds. The molecule has 2 saturated heterocycles. The molecule has 2 nitrogen and oxygen atoms in total. The Kier molecular flexibility index (Phi) is 3.64. The van der Waals surface area contributed by atoms with Crippen molar-refractivity contribution < 1.29 is 9.47 Å². The predicted molar refractivity (Wildman–Crippen MR) is 80.4 cm³/mol. The van der Waals surface area contributed by atoms with Crippen LogP contribution >= 0.6 is 0 Å². The molecule has 0 aromatic heterocycles. The van der Waals surface area contributed by atoms with E-state index in [1.54, 1.807) is 0 Å². The molecule has 2 heterocycles. The van der Waals surface area contributed by atoms with Gasteiger partial charge in [0.05, 0.1) is 11.2 Å². The summed E-state index contributed by atoms with van der Waals surface area (Å²) in [4.78, 5) is 0. The lowest BCUT2D eigenvalue weighted by Gasteiger charge is -2.40. The maximum atomic E-state index is 6.42. The quantitative estimate of drug-likeness (QED) is 0.800. The Labute approximate surface area is 122 Å². The Morgan fingerprint density at radius 2 is 1.80 bits per heavy atom. The van der Waals surface area contributed by atoms with Crippen LogP contribution in [0.3, 0.4) is 0 Å². The van der Waals surface area contributed by atoms with Crippen molar-refractivity contribution in [3.63, 3.8) is 0 Å². The van der Waals surface area contributed by atoms with Crippen LogP contribution in [0.4, 0.5) is 0 Å². The highest BCUT2D eigenvalue weighted by Gasteiger charge is 2.50. The van der Waals surface area contributed by atoms with Gasteiger partial charge >= 0.3 is 0 Å². The van der Waals surface area contributed by atoms with Gasteiger partial charge in [0, 0.05) is 5.92 Å². The zero-order valence-electron chi connectivity index (χ0n) is 12.9. The lowest BCUT2D eigenvalue weighted by molar-refractivity contribution is -0.255. The van der Waals surface area contributed by atoms with Gasteiger partial charge in [-0.3, -0.25) is 0 Å². The molecule has 2 aliphatic heterocycles. The Hall–Kier alpha value is -0.860. The molecule has 0 aliphatic carbocycles. The van der Waals surface area contributed by atoms with Crippen LogP contribution in [0.5, 0.6) is 0 Å². The van der Waals surface area contributed by atoms with Gasteiger partial charge in [-0.25, -0.2) is 0 Å². The fourth-order valence-electron chi connectivity index (χ4n) is 3.81. The van der Waals surface area contributed by atoms with Crippen LogP contribution in [-0.2, 0) is 15.1 Å². The molecule has 2 fully saturated rings. The number of hydrogen-bond donors (Lipinski definition) is 0. The molecular weight excluding hydrogens is 248 g/mol. The summed E-state index contributed by atoms with van der Waals surface area (Å²) in [6.07, 6.45) is 5.61. The number of fused-ring (bicyclic) bond motifs is 1. The van der Waals surface area contributed by atoms with E-state index in [1.165, 1.54) is 12.0 Å². The lowest BCUT2D eigenvalue weighted by Crippen LogP contribution is -2.39. The second-order valence-corrected chi connectivity index (χ2v) is 6.59. The first-order valence-electron chi connectivity index (χ1n) is 8.02. The van der Waals surface area contributed by atoms with Crippen LogP contribution in [0.15, 0.2) is 30.3 Å². The molecule has 0 radical (unpaired) electrons. The summed E-state index contributed by atoms with van der Waals surface area (Å²) in [7, 11) is 0. The molecule has 0 saturated carbocycles. The van der Waals surface area contributed by atoms with Crippen LogP contribution in [0.25, 0.3) is 0 Å². The molecule has 3 atom stereocenters.